The third-order valence-electron chi connectivity index (χ3n) is 4.78. The van der Waals surface area contributed by atoms with Crippen LogP contribution in [0.25, 0.3) is 0 Å². The van der Waals surface area contributed by atoms with E-state index in [1.165, 1.54) is 51.4 Å². The van der Waals surface area contributed by atoms with Gasteiger partial charge in [0.05, 0.1) is 0 Å². The van der Waals surface area contributed by atoms with Crippen molar-refractivity contribution in [1.29, 1.82) is 0 Å². The molecular formula is C16H32. The Bertz CT molecular complexity index is 211. The summed E-state index contributed by atoms with van der Waals surface area (Å²) in [6, 6.07) is 0. The lowest BCUT2D eigenvalue weighted by Crippen LogP contribution is -2.23. The normalized spacial score (nSPS) is 33.3. The van der Waals surface area contributed by atoms with E-state index in [0.29, 0.717) is 0 Å². The van der Waals surface area contributed by atoms with Crippen molar-refractivity contribution in [2.75, 3.05) is 0 Å². The molecule has 0 heteroatoms. The van der Waals surface area contributed by atoms with Crippen molar-refractivity contribution in [3.63, 3.8) is 0 Å². The van der Waals surface area contributed by atoms with Crippen LogP contribution in [0.5, 0.6) is 0 Å². The van der Waals surface area contributed by atoms with Crippen molar-refractivity contribution in [2.45, 2.75) is 71.1 Å². The third-order valence-corrected chi connectivity index (χ3v) is 4.78. The minimum atomic E-state index is 0. The van der Waals surface area contributed by atoms with Gasteiger partial charge in [-0.1, -0.05) is 51.2 Å². The zero-order chi connectivity index (χ0) is 11.2. The predicted octanol–water partition coefficient (Wildman–Crippen LogP) is 5.83. The summed E-state index contributed by atoms with van der Waals surface area (Å²) in [5.41, 5.74) is 0. The molecular weight excluding hydrogens is 192 g/mol. The molecule has 0 nitrogen and oxygen atoms in total. The van der Waals surface area contributed by atoms with Crippen LogP contribution >= 0.6 is 0 Å². The highest BCUT2D eigenvalue weighted by Gasteiger charge is 2.27. The summed E-state index contributed by atoms with van der Waals surface area (Å²) in [6.07, 6.45) is 19.7. The molecule has 2 saturated carbocycles. The van der Waals surface area contributed by atoms with Crippen LogP contribution in [0, 0.1) is 17.8 Å². The first-order valence-electron chi connectivity index (χ1n) is 7.56. The molecule has 0 aromatic heterocycles. The van der Waals surface area contributed by atoms with Gasteiger partial charge in [0.1, 0.15) is 0 Å². The third kappa shape index (κ3) is 3.37. The second-order valence-corrected chi connectivity index (χ2v) is 5.91. The lowest BCUT2D eigenvalue weighted by Gasteiger charge is -2.35. The van der Waals surface area contributed by atoms with E-state index < -0.39 is 0 Å². The van der Waals surface area contributed by atoms with E-state index in [1.807, 2.05) is 0 Å². The molecule has 0 atom stereocenters. The van der Waals surface area contributed by atoms with Crippen molar-refractivity contribution in [2.24, 2.45) is 17.8 Å². The van der Waals surface area contributed by atoms with Gasteiger partial charge >= 0.3 is 0 Å². The summed E-state index contributed by atoms with van der Waals surface area (Å²) in [4.78, 5) is 0. The number of rotatable bonds is 3. The Balaban J connectivity index is 0.00000144. The van der Waals surface area contributed by atoms with Crippen LogP contribution in [-0.2, 0) is 0 Å². The van der Waals surface area contributed by atoms with Crippen LogP contribution in [0.15, 0.2) is 12.2 Å². The Kier molecular flexibility index (Phi) is 4.93. The van der Waals surface area contributed by atoms with Crippen LogP contribution in [0.2, 0.25) is 0 Å². The Labute approximate surface area is 104 Å². The van der Waals surface area contributed by atoms with Gasteiger partial charge in [0.2, 0.25) is 0 Å². The molecule has 2 aliphatic rings. The van der Waals surface area contributed by atoms with Crippen molar-refractivity contribution in [3.8, 4) is 0 Å². The van der Waals surface area contributed by atoms with Crippen molar-refractivity contribution < 1.29 is 2.85 Å². The number of allylic oxidation sites excluding steroid dienone is 2. The zero-order valence-electron chi connectivity index (χ0n) is 11.0. The second-order valence-electron chi connectivity index (χ2n) is 5.91. The van der Waals surface area contributed by atoms with Gasteiger partial charge in [-0.25, -0.2) is 0 Å². The van der Waals surface area contributed by atoms with E-state index in [9.17, 15) is 0 Å². The van der Waals surface area contributed by atoms with Crippen LogP contribution in [0.3, 0.4) is 0 Å². The summed E-state index contributed by atoms with van der Waals surface area (Å²) in [5, 5.41) is 0. The minimum Gasteiger partial charge on any atom is -0.0885 e. The molecule has 96 valence electrons. The van der Waals surface area contributed by atoms with Crippen LogP contribution < -0.4 is 0 Å². The van der Waals surface area contributed by atoms with Crippen molar-refractivity contribution >= 4 is 0 Å². The highest BCUT2D eigenvalue weighted by Crippen LogP contribution is 2.40. The van der Waals surface area contributed by atoms with Crippen molar-refractivity contribution in [1.82, 2.24) is 0 Å². The average Bonchev–Trinajstić information content (AvgIpc) is 2.38. The summed E-state index contributed by atoms with van der Waals surface area (Å²) in [7, 11) is 0. The maximum atomic E-state index is 2.48. The second kappa shape index (κ2) is 6.47. The van der Waals surface area contributed by atoms with Gasteiger partial charge in [0, 0.05) is 2.85 Å². The van der Waals surface area contributed by atoms with Gasteiger partial charge in [-0.3, -0.25) is 0 Å². The molecule has 2 aliphatic carbocycles. The predicted molar refractivity (Wildman–Crippen MR) is 75.7 cm³/mol. The molecule has 0 amide bonds. The summed E-state index contributed by atoms with van der Waals surface area (Å²) < 4.78 is 0. The van der Waals surface area contributed by atoms with Gasteiger partial charge in [-0.05, 0) is 49.9 Å². The Morgan fingerprint density at radius 3 is 2.12 bits per heavy atom. The molecule has 0 spiro atoms. The quantitative estimate of drug-likeness (QED) is 0.529. The maximum Gasteiger partial charge on any atom is 0 e. The highest BCUT2D eigenvalue weighted by molar-refractivity contribution is 4.91. The number of hydrogen-bond acceptors (Lipinski definition) is 0. The summed E-state index contributed by atoms with van der Waals surface area (Å²) in [5.74, 6) is 3.11. The van der Waals surface area contributed by atoms with Gasteiger partial charge in [0.15, 0.2) is 0 Å². The van der Waals surface area contributed by atoms with E-state index in [4.69, 9.17) is 0 Å². The molecule has 0 heterocycles. The van der Waals surface area contributed by atoms with E-state index in [1.54, 1.807) is 12.8 Å². The Morgan fingerprint density at radius 1 is 0.875 bits per heavy atom. The lowest BCUT2D eigenvalue weighted by molar-refractivity contribution is 0.180. The molecule has 2 fully saturated rings. The first kappa shape index (κ1) is 12.2. The fraction of sp³-hybridized carbons (Fsp3) is 0.875. The molecule has 0 bridgehead atoms. The van der Waals surface area contributed by atoms with E-state index in [0.717, 1.165) is 17.8 Å². The largest absolute Gasteiger partial charge is 0.0885 e. The average molecular weight is 224 g/mol. The molecule has 2 rings (SSSR count). The first-order valence-corrected chi connectivity index (χ1v) is 7.56. The number of hydrogen-bond donors (Lipinski definition) is 0. The zero-order valence-corrected chi connectivity index (χ0v) is 11.0. The molecule has 16 heavy (non-hydrogen) atoms. The molecule has 0 unspecified atom stereocenters. The van der Waals surface area contributed by atoms with Crippen molar-refractivity contribution in [3.05, 3.63) is 12.2 Å². The van der Waals surface area contributed by atoms with Crippen LogP contribution in [0.4, 0.5) is 0 Å². The fourth-order valence-corrected chi connectivity index (χ4v) is 3.74. The Morgan fingerprint density at radius 2 is 1.50 bits per heavy atom. The molecule has 0 saturated heterocycles. The van der Waals surface area contributed by atoms with Gasteiger partial charge in [0.25, 0.3) is 0 Å². The Hall–Kier alpha value is -0.260. The maximum absolute atomic E-state index is 2.48. The van der Waals surface area contributed by atoms with E-state index >= 15 is 0 Å². The molecule has 0 aromatic rings. The van der Waals surface area contributed by atoms with Crippen LogP contribution in [0.1, 0.15) is 74.0 Å². The molecule has 0 radical (unpaired) electrons. The smallest absolute Gasteiger partial charge is 0 e. The standard InChI is InChI=1S/C16H28.2H2/c1-2-3-7-14-10-12-16(13-11-14)15-8-5-4-6-9-15;;/h3,7,14-16H,2,4-6,8-13H2,1H3;2*1H/b7-3+;;. The fourth-order valence-electron chi connectivity index (χ4n) is 3.74. The molecule has 0 N–H and O–H groups in total. The van der Waals surface area contributed by atoms with Gasteiger partial charge < -0.3 is 0 Å². The van der Waals surface area contributed by atoms with Crippen LogP contribution in [-0.4, -0.2) is 0 Å². The topological polar surface area (TPSA) is 0 Å². The minimum absolute atomic E-state index is 0. The summed E-state index contributed by atoms with van der Waals surface area (Å²) >= 11 is 0. The summed E-state index contributed by atoms with van der Waals surface area (Å²) in [6.45, 7) is 2.24. The molecule has 0 aromatic carbocycles. The van der Waals surface area contributed by atoms with E-state index in [2.05, 4.69) is 19.1 Å². The lowest BCUT2D eigenvalue weighted by atomic mass is 9.71. The molecule has 0 aliphatic heterocycles. The highest BCUT2D eigenvalue weighted by atomic mass is 14.3. The monoisotopic (exact) mass is 224 g/mol. The first-order chi connectivity index (χ1) is 7.90. The SMILES string of the molecule is CC/C=C/C1CCC(C2CCCCC2)CC1.[HH].[HH]. The van der Waals surface area contributed by atoms with Gasteiger partial charge in [-0.15, -0.1) is 0 Å². The van der Waals surface area contributed by atoms with E-state index in [-0.39, 0.29) is 2.85 Å². The van der Waals surface area contributed by atoms with Gasteiger partial charge in [-0.2, -0.15) is 0 Å².